The van der Waals surface area contributed by atoms with E-state index in [9.17, 15) is 4.79 Å². The Morgan fingerprint density at radius 1 is 1.04 bits per heavy atom. The molecule has 3 rings (SSSR count). The fraction of sp³-hybridized carbons (Fsp3) is 0.158. The lowest BCUT2D eigenvalue weighted by atomic mass is 10.1. The van der Waals surface area contributed by atoms with E-state index in [1.54, 1.807) is 22.6 Å². The average molecular weight is 321 g/mol. The minimum atomic E-state index is -0.217. The summed E-state index contributed by atoms with van der Waals surface area (Å²) < 4.78 is 8.62. The molecule has 0 atom stereocenters. The van der Waals surface area contributed by atoms with Gasteiger partial charge in [0.15, 0.2) is 5.69 Å². The number of para-hydroxylation sites is 1. The van der Waals surface area contributed by atoms with Crippen LogP contribution in [0.1, 0.15) is 11.1 Å². The highest BCUT2D eigenvalue weighted by atomic mass is 16.5. The van der Waals surface area contributed by atoms with E-state index in [1.165, 1.54) is 7.11 Å². The Hall–Kier alpha value is -3.08. The van der Waals surface area contributed by atoms with Gasteiger partial charge in [0.2, 0.25) is 5.88 Å². The van der Waals surface area contributed by atoms with Crippen LogP contribution in [0.2, 0.25) is 0 Å². The smallest absolute Gasteiger partial charge is 0.301 e. The van der Waals surface area contributed by atoms with Crippen molar-refractivity contribution in [2.45, 2.75) is 6.92 Å². The Balaban J connectivity index is 2.12. The van der Waals surface area contributed by atoms with Gasteiger partial charge in [-0.25, -0.2) is 14.4 Å². The first-order valence-electron chi connectivity index (χ1n) is 7.64. The standard InChI is InChI=1S/C19H19N3O2/c1-14-9-7-8-10-15(14)13-20-17-18(23)22(21(2)19(17)24-3)16-11-5-4-6-12-16/h4-13H,1-3H3. The summed E-state index contributed by atoms with van der Waals surface area (Å²) in [7, 11) is 3.32. The number of aryl methyl sites for hydroxylation is 1. The Morgan fingerprint density at radius 3 is 2.38 bits per heavy atom. The number of aromatic nitrogens is 2. The van der Waals surface area contributed by atoms with E-state index in [0.717, 1.165) is 16.8 Å². The number of rotatable bonds is 4. The molecule has 1 aromatic heterocycles. The van der Waals surface area contributed by atoms with Crippen molar-refractivity contribution in [1.82, 2.24) is 9.36 Å². The molecule has 0 spiro atoms. The van der Waals surface area contributed by atoms with Gasteiger partial charge < -0.3 is 4.74 Å². The summed E-state index contributed by atoms with van der Waals surface area (Å²) >= 11 is 0. The molecular weight excluding hydrogens is 302 g/mol. The third kappa shape index (κ3) is 2.76. The number of ether oxygens (including phenoxy) is 1. The summed E-state index contributed by atoms with van der Waals surface area (Å²) in [5, 5.41) is 0. The van der Waals surface area contributed by atoms with Crippen molar-refractivity contribution in [3.8, 4) is 11.6 Å². The molecule has 0 aliphatic heterocycles. The van der Waals surface area contributed by atoms with Crippen LogP contribution in [0, 0.1) is 6.92 Å². The highest BCUT2D eigenvalue weighted by Crippen LogP contribution is 2.25. The fourth-order valence-electron chi connectivity index (χ4n) is 2.64. The summed E-state index contributed by atoms with van der Waals surface area (Å²) in [6.45, 7) is 2.01. The molecule has 0 fully saturated rings. The summed E-state index contributed by atoms with van der Waals surface area (Å²) in [4.78, 5) is 17.2. The lowest BCUT2D eigenvalue weighted by molar-refractivity contribution is 0.367. The molecule has 0 amide bonds. The average Bonchev–Trinajstić information content (AvgIpc) is 2.84. The molecule has 0 saturated heterocycles. The predicted octanol–water partition coefficient (Wildman–Crippen LogP) is 3.24. The Kier molecular flexibility index (Phi) is 4.33. The summed E-state index contributed by atoms with van der Waals surface area (Å²) in [6, 6.07) is 17.3. The van der Waals surface area contributed by atoms with E-state index < -0.39 is 0 Å². The molecule has 0 saturated carbocycles. The molecule has 0 aliphatic rings. The maximum atomic E-state index is 12.8. The van der Waals surface area contributed by atoms with Crippen LogP contribution in [0.5, 0.6) is 5.88 Å². The maximum Gasteiger partial charge on any atom is 0.301 e. The van der Waals surface area contributed by atoms with Crippen molar-refractivity contribution in [3.05, 3.63) is 76.1 Å². The van der Waals surface area contributed by atoms with E-state index in [2.05, 4.69) is 4.99 Å². The Labute approximate surface area is 140 Å². The predicted molar refractivity (Wildman–Crippen MR) is 96.0 cm³/mol. The van der Waals surface area contributed by atoms with Gasteiger partial charge in [0.05, 0.1) is 12.8 Å². The summed E-state index contributed by atoms with van der Waals surface area (Å²) in [5.74, 6) is 0.425. The van der Waals surface area contributed by atoms with Crippen LogP contribution in [-0.2, 0) is 7.05 Å². The highest BCUT2D eigenvalue weighted by molar-refractivity contribution is 5.84. The largest absolute Gasteiger partial charge is 0.480 e. The lowest BCUT2D eigenvalue weighted by Crippen LogP contribution is -2.19. The minimum Gasteiger partial charge on any atom is -0.480 e. The van der Waals surface area contributed by atoms with Crippen LogP contribution in [0.3, 0.4) is 0 Å². The number of benzene rings is 2. The normalized spacial score (nSPS) is 11.1. The van der Waals surface area contributed by atoms with E-state index >= 15 is 0 Å². The summed E-state index contributed by atoms with van der Waals surface area (Å²) in [6.07, 6.45) is 1.70. The number of hydrogen-bond acceptors (Lipinski definition) is 3. The van der Waals surface area contributed by atoms with E-state index in [0.29, 0.717) is 5.88 Å². The minimum absolute atomic E-state index is 0.217. The molecule has 3 aromatic rings. The van der Waals surface area contributed by atoms with Gasteiger partial charge in [-0.2, -0.15) is 0 Å². The van der Waals surface area contributed by atoms with Crippen molar-refractivity contribution in [1.29, 1.82) is 0 Å². The molecule has 0 radical (unpaired) electrons. The molecule has 1 heterocycles. The van der Waals surface area contributed by atoms with Crippen LogP contribution in [-0.4, -0.2) is 22.7 Å². The van der Waals surface area contributed by atoms with Crippen molar-refractivity contribution in [2.24, 2.45) is 12.0 Å². The van der Waals surface area contributed by atoms with Gasteiger partial charge in [0, 0.05) is 13.3 Å². The van der Waals surface area contributed by atoms with Crippen LogP contribution in [0.4, 0.5) is 5.69 Å². The second kappa shape index (κ2) is 6.58. The number of nitrogens with zero attached hydrogens (tertiary/aromatic N) is 3. The Bertz CT molecular complexity index is 937. The zero-order valence-corrected chi connectivity index (χ0v) is 13.9. The van der Waals surface area contributed by atoms with E-state index in [1.807, 2.05) is 61.5 Å². The first kappa shape index (κ1) is 15.8. The highest BCUT2D eigenvalue weighted by Gasteiger charge is 2.19. The van der Waals surface area contributed by atoms with Gasteiger partial charge in [-0.3, -0.25) is 4.79 Å². The third-order valence-corrected chi connectivity index (χ3v) is 3.91. The molecule has 122 valence electrons. The van der Waals surface area contributed by atoms with E-state index in [-0.39, 0.29) is 11.2 Å². The lowest BCUT2D eigenvalue weighted by Gasteiger charge is -2.08. The van der Waals surface area contributed by atoms with Gasteiger partial charge in [-0.05, 0) is 30.2 Å². The van der Waals surface area contributed by atoms with Crippen LogP contribution in [0.25, 0.3) is 5.69 Å². The third-order valence-electron chi connectivity index (χ3n) is 3.91. The molecule has 0 N–H and O–H groups in total. The zero-order valence-electron chi connectivity index (χ0n) is 13.9. The van der Waals surface area contributed by atoms with Crippen molar-refractivity contribution in [2.75, 3.05) is 7.11 Å². The second-order valence-electron chi connectivity index (χ2n) is 5.45. The second-order valence-corrected chi connectivity index (χ2v) is 5.45. The molecule has 0 bridgehead atoms. The monoisotopic (exact) mass is 321 g/mol. The molecule has 5 heteroatoms. The first-order chi connectivity index (χ1) is 11.6. The fourth-order valence-corrected chi connectivity index (χ4v) is 2.64. The first-order valence-corrected chi connectivity index (χ1v) is 7.64. The molecular formula is C19H19N3O2. The maximum absolute atomic E-state index is 12.8. The van der Waals surface area contributed by atoms with Gasteiger partial charge in [0.25, 0.3) is 0 Å². The van der Waals surface area contributed by atoms with Gasteiger partial charge >= 0.3 is 5.56 Å². The zero-order chi connectivity index (χ0) is 17.1. The molecule has 5 nitrogen and oxygen atoms in total. The SMILES string of the molecule is COc1c(N=Cc2ccccc2C)c(=O)n(-c2ccccc2)n1C. The van der Waals surface area contributed by atoms with Gasteiger partial charge in [-0.1, -0.05) is 42.5 Å². The molecule has 0 unspecified atom stereocenters. The van der Waals surface area contributed by atoms with Crippen molar-refractivity contribution in [3.63, 3.8) is 0 Å². The van der Waals surface area contributed by atoms with Gasteiger partial charge in [-0.15, -0.1) is 0 Å². The Morgan fingerprint density at radius 2 is 1.71 bits per heavy atom. The summed E-state index contributed by atoms with van der Waals surface area (Å²) in [5.41, 5.74) is 2.90. The van der Waals surface area contributed by atoms with Crippen molar-refractivity contribution < 1.29 is 4.74 Å². The number of methoxy groups -OCH3 is 1. The molecule has 24 heavy (non-hydrogen) atoms. The molecule has 2 aromatic carbocycles. The van der Waals surface area contributed by atoms with E-state index in [4.69, 9.17) is 4.74 Å². The topological polar surface area (TPSA) is 48.5 Å². The van der Waals surface area contributed by atoms with Crippen molar-refractivity contribution >= 4 is 11.9 Å². The van der Waals surface area contributed by atoms with Crippen LogP contribution in [0.15, 0.2) is 64.4 Å². The van der Waals surface area contributed by atoms with Gasteiger partial charge in [0.1, 0.15) is 0 Å². The van der Waals surface area contributed by atoms with Crippen LogP contribution < -0.4 is 10.3 Å². The van der Waals surface area contributed by atoms with Crippen LogP contribution >= 0.6 is 0 Å². The molecule has 0 aliphatic carbocycles. The number of hydrogen-bond donors (Lipinski definition) is 0. The number of aliphatic imine (C=N–C) groups is 1. The quantitative estimate of drug-likeness (QED) is 0.693.